The van der Waals surface area contributed by atoms with Crippen molar-refractivity contribution < 1.29 is 9.85 Å². The summed E-state index contributed by atoms with van der Waals surface area (Å²) in [5, 5.41) is 24.6. The number of unbranched alkanes of at least 4 members (excludes halogenated alkanes) is 2. The molecule has 0 amide bonds. The van der Waals surface area contributed by atoms with E-state index in [1.165, 1.54) is 12.1 Å². The lowest BCUT2D eigenvalue weighted by atomic mass is 10.1. The second-order valence-corrected chi connectivity index (χ2v) is 4.21. The number of hydrogen-bond donors (Lipinski definition) is 1. The highest BCUT2D eigenvalue weighted by molar-refractivity contribution is 5.49. The Balaban J connectivity index is 2.71. The number of non-ortho nitro benzene ring substituents is 1. The Kier molecular flexibility index (Phi) is 5.87. The molecule has 7 heteroatoms. The molecule has 1 N–H and O–H groups in total. The highest BCUT2D eigenvalue weighted by atomic mass is 16.6. The molecular formula is C12H17N3O4. The second kappa shape index (κ2) is 7.42. The Morgan fingerprint density at radius 1 is 1.16 bits per heavy atom. The lowest BCUT2D eigenvalue weighted by Crippen LogP contribution is -2.15. The molecule has 0 fully saturated rings. The quantitative estimate of drug-likeness (QED) is 0.443. The topological polar surface area (TPSA) is 98.3 Å². The molecule has 0 aliphatic carbocycles. The van der Waals surface area contributed by atoms with Crippen LogP contribution in [0.5, 0.6) is 0 Å². The third-order valence-electron chi connectivity index (χ3n) is 2.75. The normalized spacial score (nSPS) is 10.4. The van der Waals surface area contributed by atoms with E-state index >= 15 is 0 Å². The molecule has 0 aliphatic heterocycles. The van der Waals surface area contributed by atoms with Crippen LogP contribution in [0.2, 0.25) is 0 Å². The maximum atomic E-state index is 10.9. The van der Waals surface area contributed by atoms with Gasteiger partial charge in [0.1, 0.15) is 0 Å². The number of nitro groups is 2. The molecule has 1 rings (SSSR count). The molecule has 104 valence electrons. The van der Waals surface area contributed by atoms with E-state index in [9.17, 15) is 20.2 Å². The fourth-order valence-corrected chi connectivity index (χ4v) is 1.71. The zero-order chi connectivity index (χ0) is 14.3. The number of hydrogen-bond acceptors (Lipinski definition) is 5. The predicted molar refractivity (Wildman–Crippen MR) is 71.0 cm³/mol. The minimum absolute atomic E-state index is 0.211. The van der Waals surface area contributed by atoms with Crippen LogP contribution in [-0.2, 0) is 6.54 Å². The zero-order valence-corrected chi connectivity index (χ0v) is 10.8. The molecule has 0 saturated heterocycles. The minimum atomic E-state index is -0.633. The number of rotatable bonds is 8. The van der Waals surface area contributed by atoms with Gasteiger partial charge in [0.05, 0.1) is 15.9 Å². The maximum absolute atomic E-state index is 10.9. The molecule has 0 bridgehead atoms. The number of nitro benzene ring substituents is 2. The van der Waals surface area contributed by atoms with Gasteiger partial charge in [0, 0.05) is 18.2 Å². The molecule has 0 aliphatic rings. The van der Waals surface area contributed by atoms with Crippen LogP contribution in [0.4, 0.5) is 11.4 Å². The standard InChI is InChI=1S/C12H17N3O4/c1-2-3-4-7-13-9-10-5-6-11(14(16)17)8-12(10)15(18)19/h5-6,8,13H,2-4,7,9H2,1H3. The van der Waals surface area contributed by atoms with Crippen molar-refractivity contribution in [3.63, 3.8) is 0 Å². The third kappa shape index (κ3) is 4.63. The van der Waals surface area contributed by atoms with Crippen LogP contribution in [0, 0.1) is 20.2 Å². The largest absolute Gasteiger partial charge is 0.312 e. The Bertz CT molecular complexity index is 462. The van der Waals surface area contributed by atoms with E-state index in [0.29, 0.717) is 12.1 Å². The molecule has 1 aromatic rings. The fourth-order valence-electron chi connectivity index (χ4n) is 1.71. The molecule has 1 aromatic carbocycles. The van der Waals surface area contributed by atoms with Crippen molar-refractivity contribution in [1.29, 1.82) is 0 Å². The van der Waals surface area contributed by atoms with Gasteiger partial charge in [0.25, 0.3) is 11.4 Å². The van der Waals surface area contributed by atoms with Gasteiger partial charge in [-0.15, -0.1) is 0 Å². The van der Waals surface area contributed by atoms with Crippen LogP contribution in [0.15, 0.2) is 18.2 Å². The van der Waals surface area contributed by atoms with E-state index in [0.717, 1.165) is 31.9 Å². The van der Waals surface area contributed by atoms with Gasteiger partial charge in [-0.25, -0.2) is 0 Å². The monoisotopic (exact) mass is 267 g/mol. The second-order valence-electron chi connectivity index (χ2n) is 4.21. The molecule has 7 nitrogen and oxygen atoms in total. The summed E-state index contributed by atoms with van der Waals surface area (Å²) in [5.74, 6) is 0. The Morgan fingerprint density at radius 3 is 2.47 bits per heavy atom. The van der Waals surface area contributed by atoms with Gasteiger partial charge in [-0.05, 0) is 19.0 Å². The summed E-state index contributed by atoms with van der Waals surface area (Å²) in [6.45, 7) is 3.22. The van der Waals surface area contributed by atoms with Crippen LogP contribution >= 0.6 is 0 Å². The van der Waals surface area contributed by atoms with Crippen LogP contribution in [0.3, 0.4) is 0 Å². The van der Waals surface area contributed by atoms with E-state index in [1.807, 2.05) is 0 Å². The molecule has 0 unspecified atom stereocenters. The highest BCUT2D eigenvalue weighted by Gasteiger charge is 2.18. The summed E-state index contributed by atoms with van der Waals surface area (Å²) in [5.41, 5.74) is -0.00859. The van der Waals surface area contributed by atoms with E-state index in [1.54, 1.807) is 0 Å². The summed E-state index contributed by atoms with van der Waals surface area (Å²) < 4.78 is 0. The average molecular weight is 267 g/mol. The van der Waals surface area contributed by atoms with Gasteiger partial charge in [-0.3, -0.25) is 20.2 Å². The first-order valence-corrected chi connectivity index (χ1v) is 6.18. The summed E-state index contributed by atoms with van der Waals surface area (Å²) in [6, 6.07) is 3.72. The molecule has 0 heterocycles. The van der Waals surface area contributed by atoms with Crippen molar-refractivity contribution in [2.24, 2.45) is 0 Å². The minimum Gasteiger partial charge on any atom is -0.312 e. The molecule has 0 spiro atoms. The molecule has 0 radical (unpaired) electrons. The number of nitrogens with one attached hydrogen (secondary N) is 1. The Labute approximate surface area is 110 Å². The summed E-state index contributed by atoms with van der Waals surface area (Å²) >= 11 is 0. The van der Waals surface area contributed by atoms with Crippen molar-refractivity contribution >= 4 is 11.4 Å². The molecule has 19 heavy (non-hydrogen) atoms. The average Bonchev–Trinajstić information content (AvgIpc) is 2.38. The van der Waals surface area contributed by atoms with Crippen LogP contribution in [-0.4, -0.2) is 16.4 Å². The van der Waals surface area contributed by atoms with Crippen LogP contribution in [0.25, 0.3) is 0 Å². The van der Waals surface area contributed by atoms with Crippen molar-refractivity contribution in [2.45, 2.75) is 32.7 Å². The van der Waals surface area contributed by atoms with Gasteiger partial charge in [-0.1, -0.05) is 19.8 Å². The summed E-state index contributed by atoms with van der Waals surface area (Å²) in [6.07, 6.45) is 3.23. The SMILES string of the molecule is CCCCCNCc1ccc([N+](=O)[O-])cc1[N+](=O)[O-]. The maximum Gasteiger partial charge on any atom is 0.280 e. The smallest absolute Gasteiger partial charge is 0.280 e. The van der Waals surface area contributed by atoms with Crippen LogP contribution < -0.4 is 5.32 Å². The summed E-state index contributed by atoms with van der Waals surface area (Å²) in [4.78, 5) is 20.3. The first-order valence-electron chi connectivity index (χ1n) is 6.18. The van der Waals surface area contributed by atoms with Crippen molar-refractivity contribution in [3.05, 3.63) is 44.0 Å². The first kappa shape index (κ1) is 15.0. The van der Waals surface area contributed by atoms with E-state index < -0.39 is 9.85 Å². The highest BCUT2D eigenvalue weighted by Crippen LogP contribution is 2.24. The van der Waals surface area contributed by atoms with Crippen molar-refractivity contribution in [1.82, 2.24) is 5.32 Å². The Morgan fingerprint density at radius 2 is 1.89 bits per heavy atom. The van der Waals surface area contributed by atoms with Gasteiger partial charge in [0.15, 0.2) is 0 Å². The molecular weight excluding hydrogens is 250 g/mol. The number of benzene rings is 1. The molecule has 0 atom stereocenters. The number of nitrogens with zero attached hydrogens (tertiary/aromatic N) is 2. The van der Waals surface area contributed by atoms with E-state index in [4.69, 9.17) is 0 Å². The van der Waals surface area contributed by atoms with Gasteiger partial charge in [0.2, 0.25) is 0 Å². The van der Waals surface area contributed by atoms with Crippen LogP contribution in [0.1, 0.15) is 31.7 Å². The predicted octanol–water partition coefficient (Wildman–Crippen LogP) is 2.78. The van der Waals surface area contributed by atoms with Gasteiger partial charge >= 0.3 is 0 Å². The van der Waals surface area contributed by atoms with Gasteiger partial charge in [-0.2, -0.15) is 0 Å². The van der Waals surface area contributed by atoms with E-state index in [-0.39, 0.29) is 11.4 Å². The van der Waals surface area contributed by atoms with Crippen molar-refractivity contribution in [3.8, 4) is 0 Å². The van der Waals surface area contributed by atoms with E-state index in [2.05, 4.69) is 12.2 Å². The van der Waals surface area contributed by atoms with Gasteiger partial charge < -0.3 is 5.32 Å². The molecule has 0 aromatic heterocycles. The third-order valence-corrected chi connectivity index (χ3v) is 2.75. The summed E-state index contributed by atoms with van der Waals surface area (Å²) in [7, 11) is 0. The lowest BCUT2D eigenvalue weighted by molar-refractivity contribution is -0.394. The zero-order valence-electron chi connectivity index (χ0n) is 10.8. The fraction of sp³-hybridized carbons (Fsp3) is 0.500. The Hall–Kier alpha value is -2.02. The van der Waals surface area contributed by atoms with Crippen molar-refractivity contribution in [2.75, 3.05) is 6.54 Å². The molecule has 0 saturated carbocycles. The lowest BCUT2D eigenvalue weighted by Gasteiger charge is -2.05. The first-order chi connectivity index (χ1) is 9.06.